The Bertz CT molecular complexity index is 427. The SMILES string of the molecule is C=C(C)CCOc1cc(F)cc(CNC2CC2)c1. The van der Waals surface area contributed by atoms with Crippen LogP contribution in [0.3, 0.4) is 0 Å². The van der Waals surface area contributed by atoms with Crippen molar-refractivity contribution < 1.29 is 9.13 Å². The van der Waals surface area contributed by atoms with Crippen molar-refractivity contribution in [2.45, 2.75) is 38.8 Å². The zero-order valence-corrected chi connectivity index (χ0v) is 10.8. The molecule has 0 radical (unpaired) electrons. The smallest absolute Gasteiger partial charge is 0.127 e. The first-order valence-electron chi connectivity index (χ1n) is 6.43. The molecule has 18 heavy (non-hydrogen) atoms. The Morgan fingerprint density at radius 2 is 2.22 bits per heavy atom. The van der Waals surface area contributed by atoms with Crippen LogP contribution in [0.15, 0.2) is 30.4 Å². The summed E-state index contributed by atoms with van der Waals surface area (Å²) >= 11 is 0. The fraction of sp³-hybridized carbons (Fsp3) is 0.467. The molecule has 2 rings (SSSR count). The van der Waals surface area contributed by atoms with Gasteiger partial charge in [-0.3, -0.25) is 0 Å². The third kappa shape index (κ3) is 4.49. The first-order valence-corrected chi connectivity index (χ1v) is 6.43. The highest BCUT2D eigenvalue weighted by Crippen LogP contribution is 2.21. The Morgan fingerprint density at radius 1 is 1.44 bits per heavy atom. The highest BCUT2D eigenvalue weighted by atomic mass is 19.1. The number of rotatable bonds is 7. The molecule has 0 aliphatic heterocycles. The van der Waals surface area contributed by atoms with Crippen molar-refractivity contribution in [3.8, 4) is 5.75 Å². The van der Waals surface area contributed by atoms with Crippen LogP contribution in [0.2, 0.25) is 0 Å². The summed E-state index contributed by atoms with van der Waals surface area (Å²) in [6, 6.07) is 5.51. The quantitative estimate of drug-likeness (QED) is 0.748. The first-order chi connectivity index (χ1) is 8.63. The Kier molecular flexibility index (Phi) is 4.37. The van der Waals surface area contributed by atoms with E-state index >= 15 is 0 Å². The molecule has 0 saturated heterocycles. The predicted octanol–water partition coefficient (Wildman–Crippen LogP) is 3.42. The van der Waals surface area contributed by atoms with E-state index < -0.39 is 0 Å². The summed E-state index contributed by atoms with van der Waals surface area (Å²) in [4.78, 5) is 0. The van der Waals surface area contributed by atoms with Gasteiger partial charge < -0.3 is 10.1 Å². The van der Waals surface area contributed by atoms with E-state index in [1.807, 2.05) is 13.0 Å². The molecule has 0 heterocycles. The summed E-state index contributed by atoms with van der Waals surface area (Å²) in [5.41, 5.74) is 2.01. The molecule has 98 valence electrons. The van der Waals surface area contributed by atoms with Crippen LogP contribution < -0.4 is 10.1 Å². The molecule has 0 aromatic heterocycles. The van der Waals surface area contributed by atoms with Gasteiger partial charge in [-0.05, 0) is 37.5 Å². The van der Waals surface area contributed by atoms with Gasteiger partial charge in [0.05, 0.1) is 6.61 Å². The second kappa shape index (κ2) is 6.01. The molecule has 0 unspecified atom stereocenters. The number of benzene rings is 1. The average molecular weight is 249 g/mol. The van der Waals surface area contributed by atoms with E-state index in [0.717, 1.165) is 17.6 Å². The van der Waals surface area contributed by atoms with Gasteiger partial charge in [0.1, 0.15) is 11.6 Å². The molecular weight excluding hydrogens is 229 g/mol. The maximum absolute atomic E-state index is 13.4. The fourth-order valence-corrected chi connectivity index (χ4v) is 1.70. The van der Waals surface area contributed by atoms with Crippen LogP contribution in [-0.4, -0.2) is 12.6 Å². The lowest BCUT2D eigenvalue weighted by Gasteiger charge is -2.09. The largest absolute Gasteiger partial charge is 0.493 e. The molecular formula is C15H20FNO. The molecule has 1 aromatic carbocycles. The van der Waals surface area contributed by atoms with Gasteiger partial charge in [-0.15, -0.1) is 6.58 Å². The van der Waals surface area contributed by atoms with E-state index in [2.05, 4.69) is 11.9 Å². The van der Waals surface area contributed by atoms with Crippen LogP contribution >= 0.6 is 0 Å². The van der Waals surface area contributed by atoms with Crippen LogP contribution in [0.25, 0.3) is 0 Å². The van der Waals surface area contributed by atoms with Crippen molar-refractivity contribution in [1.82, 2.24) is 5.32 Å². The van der Waals surface area contributed by atoms with Crippen LogP contribution in [0.1, 0.15) is 31.7 Å². The summed E-state index contributed by atoms with van der Waals surface area (Å²) in [6.07, 6.45) is 3.26. The molecule has 3 heteroatoms. The summed E-state index contributed by atoms with van der Waals surface area (Å²) in [5, 5.41) is 3.37. The van der Waals surface area contributed by atoms with Crippen LogP contribution in [0, 0.1) is 5.82 Å². The summed E-state index contributed by atoms with van der Waals surface area (Å²) in [5.74, 6) is 0.360. The minimum absolute atomic E-state index is 0.240. The molecule has 0 bridgehead atoms. The van der Waals surface area contributed by atoms with Crippen molar-refractivity contribution in [1.29, 1.82) is 0 Å². The molecule has 1 aliphatic carbocycles. The van der Waals surface area contributed by atoms with Gasteiger partial charge in [0.15, 0.2) is 0 Å². The molecule has 0 amide bonds. The Morgan fingerprint density at radius 3 is 2.89 bits per heavy atom. The molecule has 2 nitrogen and oxygen atoms in total. The second-order valence-corrected chi connectivity index (χ2v) is 5.01. The van der Waals surface area contributed by atoms with Gasteiger partial charge in [-0.2, -0.15) is 0 Å². The standard InChI is InChI=1S/C15H20FNO/c1-11(2)5-6-18-15-8-12(7-13(16)9-15)10-17-14-3-4-14/h7-9,14,17H,1,3-6,10H2,2H3. The van der Waals surface area contributed by atoms with Crippen LogP contribution in [0.5, 0.6) is 5.75 Å². The highest BCUT2D eigenvalue weighted by molar-refractivity contribution is 5.29. The van der Waals surface area contributed by atoms with Gasteiger partial charge in [0.25, 0.3) is 0 Å². The van der Waals surface area contributed by atoms with E-state index in [-0.39, 0.29) is 5.82 Å². The summed E-state index contributed by atoms with van der Waals surface area (Å²) in [7, 11) is 0. The number of hydrogen-bond donors (Lipinski definition) is 1. The summed E-state index contributed by atoms with van der Waals surface area (Å²) in [6.45, 7) is 7.03. The molecule has 0 atom stereocenters. The zero-order chi connectivity index (χ0) is 13.0. The monoisotopic (exact) mass is 249 g/mol. The van der Waals surface area contributed by atoms with E-state index in [1.165, 1.54) is 18.9 Å². The maximum atomic E-state index is 13.4. The Labute approximate surface area is 108 Å². The molecule has 0 spiro atoms. The zero-order valence-electron chi connectivity index (χ0n) is 10.8. The lowest BCUT2D eigenvalue weighted by atomic mass is 10.2. The molecule has 1 aromatic rings. The third-order valence-electron chi connectivity index (χ3n) is 2.90. The van der Waals surface area contributed by atoms with Gasteiger partial charge in [-0.1, -0.05) is 5.57 Å². The van der Waals surface area contributed by atoms with Gasteiger partial charge >= 0.3 is 0 Å². The van der Waals surface area contributed by atoms with Crippen molar-refractivity contribution in [2.24, 2.45) is 0 Å². The molecule has 1 saturated carbocycles. The van der Waals surface area contributed by atoms with Crippen molar-refractivity contribution in [3.05, 3.63) is 41.7 Å². The first kappa shape index (κ1) is 13.1. The Hall–Kier alpha value is -1.35. The number of hydrogen-bond acceptors (Lipinski definition) is 2. The molecule has 1 aliphatic rings. The van der Waals surface area contributed by atoms with Crippen molar-refractivity contribution in [2.75, 3.05) is 6.61 Å². The highest BCUT2D eigenvalue weighted by Gasteiger charge is 2.20. The molecule has 1 N–H and O–H groups in total. The minimum Gasteiger partial charge on any atom is -0.493 e. The van der Waals surface area contributed by atoms with Gasteiger partial charge in [0, 0.05) is 25.1 Å². The third-order valence-corrected chi connectivity index (χ3v) is 2.90. The predicted molar refractivity (Wildman–Crippen MR) is 71.2 cm³/mol. The number of ether oxygens (including phenoxy) is 1. The van der Waals surface area contributed by atoms with Crippen LogP contribution in [0.4, 0.5) is 4.39 Å². The average Bonchev–Trinajstić information content (AvgIpc) is 3.09. The van der Waals surface area contributed by atoms with E-state index in [9.17, 15) is 4.39 Å². The topological polar surface area (TPSA) is 21.3 Å². The normalized spacial score (nSPS) is 14.6. The minimum atomic E-state index is -0.240. The van der Waals surface area contributed by atoms with E-state index in [1.54, 1.807) is 6.07 Å². The van der Waals surface area contributed by atoms with Crippen molar-refractivity contribution in [3.63, 3.8) is 0 Å². The summed E-state index contributed by atoms with van der Waals surface area (Å²) < 4.78 is 19.0. The van der Waals surface area contributed by atoms with Gasteiger partial charge in [0.2, 0.25) is 0 Å². The van der Waals surface area contributed by atoms with E-state index in [0.29, 0.717) is 24.9 Å². The number of halogens is 1. The molecule has 1 fully saturated rings. The Balaban J connectivity index is 1.89. The number of nitrogens with one attached hydrogen (secondary N) is 1. The second-order valence-electron chi connectivity index (χ2n) is 5.01. The lowest BCUT2D eigenvalue weighted by molar-refractivity contribution is 0.319. The fourth-order valence-electron chi connectivity index (χ4n) is 1.70. The maximum Gasteiger partial charge on any atom is 0.127 e. The van der Waals surface area contributed by atoms with E-state index in [4.69, 9.17) is 4.74 Å². The van der Waals surface area contributed by atoms with Crippen molar-refractivity contribution >= 4 is 0 Å². The van der Waals surface area contributed by atoms with Gasteiger partial charge in [-0.25, -0.2) is 4.39 Å². The van der Waals surface area contributed by atoms with Crippen LogP contribution in [-0.2, 0) is 6.54 Å². The lowest BCUT2D eigenvalue weighted by Crippen LogP contribution is -2.15.